The van der Waals surface area contributed by atoms with E-state index >= 15 is 0 Å². The van der Waals surface area contributed by atoms with E-state index in [-0.39, 0.29) is 11.3 Å². The van der Waals surface area contributed by atoms with Gasteiger partial charge in [0.05, 0.1) is 5.41 Å². The zero-order chi connectivity index (χ0) is 14.0. The van der Waals surface area contributed by atoms with E-state index in [9.17, 15) is 4.79 Å². The molecule has 0 aromatic heterocycles. The van der Waals surface area contributed by atoms with Crippen LogP contribution in [-0.2, 0) is 9.53 Å². The molecule has 1 aliphatic heterocycles. The SMILES string of the molecule is NCC1(C(=O)NC2CCC3CCCC3C2)CCOCC1. The highest BCUT2D eigenvalue weighted by Crippen LogP contribution is 2.42. The van der Waals surface area contributed by atoms with Gasteiger partial charge in [-0.3, -0.25) is 4.79 Å². The predicted molar refractivity (Wildman–Crippen MR) is 78.2 cm³/mol. The second-order valence-corrected chi connectivity index (χ2v) is 7.03. The Morgan fingerprint density at radius 1 is 1.15 bits per heavy atom. The lowest BCUT2D eigenvalue weighted by molar-refractivity contribution is -0.137. The quantitative estimate of drug-likeness (QED) is 0.829. The third-order valence-corrected chi connectivity index (χ3v) is 5.95. The summed E-state index contributed by atoms with van der Waals surface area (Å²) >= 11 is 0. The van der Waals surface area contributed by atoms with Crippen LogP contribution in [0.15, 0.2) is 0 Å². The van der Waals surface area contributed by atoms with E-state index in [1.807, 2.05) is 0 Å². The average molecular weight is 280 g/mol. The fourth-order valence-corrected chi connectivity index (χ4v) is 4.46. The van der Waals surface area contributed by atoms with Crippen LogP contribution >= 0.6 is 0 Å². The Balaban J connectivity index is 1.57. The zero-order valence-electron chi connectivity index (χ0n) is 12.4. The minimum absolute atomic E-state index is 0.185. The largest absolute Gasteiger partial charge is 0.381 e. The molecule has 3 atom stereocenters. The first-order valence-corrected chi connectivity index (χ1v) is 8.32. The molecule has 3 N–H and O–H groups in total. The molecule has 1 amide bonds. The van der Waals surface area contributed by atoms with Gasteiger partial charge in [0.15, 0.2) is 0 Å². The Morgan fingerprint density at radius 2 is 1.90 bits per heavy atom. The van der Waals surface area contributed by atoms with E-state index < -0.39 is 0 Å². The van der Waals surface area contributed by atoms with Gasteiger partial charge >= 0.3 is 0 Å². The van der Waals surface area contributed by atoms with Gasteiger partial charge in [0, 0.05) is 25.8 Å². The Hall–Kier alpha value is -0.610. The maximum absolute atomic E-state index is 12.7. The normalized spacial score (nSPS) is 36.4. The van der Waals surface area contributed by atoms with Crippen LogP contribution in [0.25, 0.3) is 0 Å². The Bertz CT molecular complexity index is 352. The minimum atomic E-state index is -0.370. The highest BCUT2D eigenvalue weighted by Gasteiger charge is 2.41. The van der Waals surface area contributed by atoms with Crippen molar-refractivity contribution in [3.8, 4) is 0 Å². The lowest BCUT2D eigenvalue weighted by atomic mass is 9.76. The van der Waals surface area contributed by atoms with Crippen molar-refractivity contribution in [3.63, 3.8) is 0 Å². The van der Waals surface area contributed by atoms with Crippen molar-refractivity contribution in [1.29, 1.82) is 0 Å². The van der Waals surface area contributed by atoms with Crippen molar-refractivity contribution < 1.29 is 9.53 Å². The molecule has 3 aliphatic rings. The van der Waals surface area contributed by atoms with E-state index in [1.54, 1.807) is 0 Å². The third kappa shape index (κ3) is 2.73. The molecule has 114 valence electrons. The topological polar surface area (TPSA) is 64.4 Å². The maximum atomic E-state index is 12.7. The fraction of sp³-hybridized carbons (Fsp3) is 0.938. The summed E-state index contributed by atoms with van der Waals surface area (Å²) in [5, 5.41) is 3.32. The van der Waals surface area contributed by atoms with Gasteiger partial charge in [0.2, 0.25) is 5.91 Å². The van der Waals surface area contributed by atoms with Crippen LogP contribution in [-0.4, -0.2) is 31.7 Å². The van der Waals surface area contributed by atoms with Gasteiger partial charge in [0.25, 0.3) is 0 Å². The number of ether oxygens (including phenoxy) is 1. The molecule has 20 heavy (non-hydrogen) atoms. The lowest BCUT2D eigenvalue weighted by Gasteiger charge is -2.38. The first-order chi connectivity index (χ1) is 9.73. The van der Waals surface area contributed by atoms with Gasteiger partial charge < -0.3 is 15.8 Å². The van der Waals surface area contributed by atoms with Crippen LogP contribution in [0.4, 0.5) is 0 Å². The molecular formula is C16H28N2O2. The molecule has 4 nitrogen and oxygen atoms in total. The van der Waals surface area contributed by atoms with Gasteiger partial charge in [-0.1, -0.05) is 19.3 Å². The van der Waals surface area contributed by atoms with Crippen LogP contribution < -0.4 is 11.1 Å². The summed E-state index contributed by atoms with van der Waals surface area (Å²) in [6, 6.07) is 0.383. The van der Waals surface area contributed by atoms with Gasteiger partial charge in [-0.25, -0.2) is 0 Å². The smallest absolute Gasteiger partial charge is 0.227 e. The van der Waals surface area contributed by atoms with Crippen molar-refractivity contribution >= 4 is 5.91 Å². The van der Waals surface area contributed by atoms with Crippen LogP contribution in [0, 0.1) is 17.3 Å². The molecule has 0 radical (unpaired) electrons. The first kappa shape index (κ1) is 14.3. The van der Waals surface area contributed by atoms with E-state index in [1.165, 1.54) is 32.1 Å². The monoisotopic (exact) mass is 280 g/mol. The Kier molecular flexibility index (Phi) is 4.32. The number of nitrogens with one attached hydrogen (secondary N) is 1. The number of rotatable bonds is 3. The Morgan fingerprint density at radius 3 is 2.65 bits per heavy atom. The molecule has 0 aromatic rings. The number of fused-ring (bicyclic) bond motifs is 1. The van der Waals surface area contributed by atoms with Crippen LogP contribution in [0.2, 0.25) is 0 Å². The molecule has 0 bridgehead atoms. The fourth-order valence-electron chi connectivity index (χ4n) is 4.46. The standard InChI is InChI=1S/C16H28N2O2/c17-11-16(6-8-20-9-7-16)15(19)18-14-5-4-12-2-1-3-13(12)10-14/h12-14H,1-11,17H2,(H,18,19). The molecular weight excluding hydrogens is 252 g/mol. The number of hydrogen-bond donors (Lipinski definition) is 2. The molecule has 3 unspecified atom stereocenters. The molecule has 0 aromatic carbocycles. The molecule has 3 rings (SSSR count). The van der Waals surface area contributed by atoms with Gasteiger partial charge in [-0.15, -0.1) is 0 Å². The first-order valence-electron chi connectivity index (χ1n) is 8.32. The van der Waals surface area contributed by atoms with Crippen LogP contribution in [0.1, 0.15) is 51.4 Å². The van der Waals surface area contributed by atoms with Gasteiger partial charge in [-0.05, 0) is 43.9 Å². The number of hydrogen-bond acceptors (Lipinski definition) is 3. The highest BCUT2D eigenvalue weighted by molar-refractivity contribution is 5.83. The van der Waals surface area contributed by atoms with E-state index in [4.69, 9.17) is 10.5 Å². The second kappa shape index (κ2) is 6.02. The van der Waals surface area contributed by atoms with Crippen LogP contribution in [0.5, 0.6) is 0 Å². The second-order valence-electron chi connectivity index (χ2n) is 7.03. The number of carbonyl (C=O) groups excluding carboxylic acids is 1. The van der Waals surface area contributed by atoms with Crippen molar-refractivity contribution in [2.75, 3.05) is 19.8 Å². The number of amides is 1. The molecule has 2 saturated carbocycles. The predicted octanol–water partition coefficient (Wildman–Crippen LogP) is 1.83. The lowest BCUT2D eigenvalue weighted by Crippen LogP contribution is -2.52. The molecule has 1 heterocycles. The number of nitrogens with two attached hydrogens (primary N) is 1. The van der Waals surface area contributed by atoms with Gasteiger partial charge in [-0.2, -0.15) is 0 Å². The van der Waals surface area contributed by atoms with E-state index in [0.29, 0.717) is 25.8 Å². The van der Waals surface area contributed by atoms with Crippen molar-refractivity contribution in [1.82, 2.24) is 5.32 Å². The molecule has 3 fully saturated rings. The van der Waals surface area contributed by atoms with E-state index in [0.717, 1.165) is 31.1 Å². The maximum Gasteiger partial charge on any atom is 0.227 e. The summed E-state index contributed by atoms with van der Waals surface area (Å²) in [5.74, 6) is 1.98. The van der Waals surface area contributed by atoms with Crippen molar-refractivity contribution in [3.05, 3.63) is 0 Å². The highest BCUT2D eigenvalue weighted by atomic mass is 16.5. The minimum Gasteiger partial charge on any atom is -0.381 e. The summed E-state index contributed by atoms with van der Waals surface area (Å²) < 4.78 is 5.39. The van der Waals surface area contributed by atoms with Gasteiger partial charge in [0.1, 0.15) is 0 Å². The zero-order valence-corrected chi connectivity index (χ0v) is 12.4. The van der Waals surface area contributed by atoms with Crippen molar-refractivity contribution in [2.45, 2.75) is 57.4 Å². The summed E-state index contributed by atoms with van der Waals surface area (Å²) in [6.07, 6.45) is 9.36. The van der Waals surface area contributed by atoms with E-state index in [2.05, 4.69) is 5.32 Å². The average Bonchev–Trinajstić information content (AvgIpc) is 2.95. The molecule has 4 heteroatoms. The third-order valence-electron chi connectivity index (χ3n) is 5.95. The molecule has 2 aliphatic carbocycles. The molecule has 1 saturated heterocycles. The summed E-state index contributed by atoms with van der Waals surface area (Å²) in [4.78, 5) is 12.7. The summed E-state index contributed by atoms with van der Waals surface area (Å²) in [7, 11) is 0. The Labute approximate surface area is 121 Å². The van der Waals surface area contributed by atoms with Crippen molar-refractivity contribution in [2.24, 2.45) is 23.0 Å². The summed E-state index contributed by atoms with van der Waals surface area (Å²) in [6.45, 7) is 1.78. The summed E-state index contributed by atoms with van der Waals surface area (Å²) in [5.41, 5.74) is 5.54. The number of carbonyl (C=O) groups is 1. The molecule has 0 spiro atoms. The van der Waals surface area contributed by atoms with Crippen LogP contribution in [0.3, 0.4) is 0 Å².